The van der Waals surface area contributed by atoms with Crippen molar-refractivity contribution in [2.24, 2.45) is 5.73 Å². The van der Waals surface area contributed by atoms with Gasteiger partial charge in [-0.2, -0.15) is 0 Å². The lowest BCUT2D eigenvalue weighted by Gasteiger charge is -2.35. The third-order valence-electron chi connectivity index (χ3n) is 3.89. The molecule has 15 heavy (non-hydrogen) atoms. The van der Waals surface area contributed by atoms with Crippen LogP contribution in [0.2, 0.25) is 0 Å². The number of hydrogen-bond acceptors (Lipinski definition) is 1. The van der Waals surface area contributed by atoms with Gasteiger partial charge in [0.25, 0.3) is 0 Å². The van der Waals surface area contributed by atoms with E-state index in [2.05, 4.69) is 32.0 Å². The van der Waals surface area contributed by atoms with E-state index in [9.17, 15) is 0 Å². The first-order valence-corrected chi connectivity index (χ1v) is 5.99. The Balaban J connectivity index is 2.39. The largest absolute Gasteiger partial charge is 0.321 e. The smallest absolute Gasteiger partial charge is 0.0412 e. The Morgan fingerprint density at radius 1 is 1.07 bits per heavy atom. The van der Waals surface area contributed by atoms with E-state index < -0.39 is 0 Å². The standard InChI is InChI=1S/C14H21N/c1-11-7-6-8-13(12(11)2)14(15)9-4-3-5-10-14/h6-8H,3-5,9-10,15H2,1-2H3. The van der Waals surface area contributed by atoms with Gasteiger partial charge in [-0.25, -0.2) is 0 Å². The minimum absolute atomic E-state index is 0.0473. The van der Waals surface area contributed by atoms with Gasteiger partial charge in [0.1, 0.15) is 0 Å². The highest BCUT2D eigenvalue weighted by Gasteiger charge is 2.30. The third-order valence-corrected chi connectivity index (χ3v) is 3.89. The zero-order valence-electron chi connectivity index (χ0n) is 9.84. The predicted octanol–water partition coefficient (Wildman–Crippen LogP) is 3.42. The Kier molecular flexibility index (Phi) is 2.83. The molecule has 82 valence electrons. The molecule has 0 atom stereocenters. The molecular formula is C14H21N. The van der Waals surface area contributed by atoms with Crippen LogP contribution in [0.25, 0.3) is 0 Å². The average Bonchev–Trinajstić information content (AvgIpc) is 2.23. The minimum atomic E-state index is -0.0473. The lowest BCUT2D eigenvalue weighted by Crippen LogP contribution is -2.39. The quantitative estimate of drug-likeness (QED) is 0.743. The zero-order valence-corrected chi connectivity index (χ0v) is 9.84. The van der Waals surface area contributed by atoms with E-state index in [4.69, 9.17) is 5.73 Å². The molecule has 0 aromatic heterocycles. The van der Waals surface area contributed by atoms with Gasteiger partial charge in [0.15, 0.2) is 0 Å². The molecule has 0 radical (unpaired) electrons. The lowest BCUT2D eigenvalue weighted by atomic mass is 9.75. The van der Waals surface area contributed by atoms with Crippen molar-refractivity contribution in [3.8, 4) is 0 Å². The highest BCUT2D eigenvalue weighted by Crippen LogP contribution is 2.36. The van der Waals surface area contributed by atoms with Crippen LogP contribution < -0.4 is 5.73 Å². The Bertz CT molecular complexity index is 348. The first-order chi connectivity index (χ1) is 7.13. The molecule has 0 aliphatic heterocycles. The minimum Gasteiger partial charge on any atom is -0.321 e. The molecule has 0 bridgehead atoms. The van der Waals surface area contributed by atoms with Gasteiger partial charge in [-0.1, -0.05) is 37.5 Å². The summed E-state index contributed by atoms with van der Waals surface area (Å²) in [4.78, 5) is 0. The molecule has 0 unspecified atom stereocenters. The molecule has 0 spiro atoms. The highest BCUT2D eigenvalue weighted by molar-refractivity contribution is 5.38. The van der Waals surface area contributed by atoms with Gasteiger partial charge < -0.3 is 5.73 Å². The van der Waals surface area contributed by atoms with Crippen LogP contribution in [0.15, 0.2) is 18.2 Å². The molecule has 2 N–H and O–H groups in total. The molecule has 1 fully saturated rings. The average molecular weight is 203 g/mol. The van der Waals surface area contributed by atoms with Crippen molar-refractivity contribution in [1.29, 1.82) is 0 Å². The number of hydrogen-bond donors (Lipinski definition) is 1. The van der Waals surface area contributed by atoms with E-state index in [1.165, 1.54) is 36.0 Å². The van der Waals surface area contributed by atoms with Gasteiger partial charge in [0, 0.05) is 5.54 Å². The molecule has 1 heteroatoms. The second-order valence-electron chi connectivity index (χ2n) is 4.96. The first kappa shape index (κ1) is 10.7. The number of nitrogens with two attached hydrogens (primary N) is 1. The summed E-state index contributed by atoms with van der Waals surface area (Å²) in [6, 6.07) is 6.53. The summed E-state index contributed by atoms with van der Waals surface area (Å²) >= 11 is 0. The highest BCUT2D eigenvalue weighted by atomic mass is 14.7. The Hall–Kier alpha value is -0.820. The van der Waals surface area contributed by atoms with Crippen LogP contribution in [0, 0.1) is 13.8 Å². The first-order valence-electron chi connectivity index (χ1n) is 5.99. The Morgan fingerprint density at radius 3 is 2.40 bits per heavy atom. The van der Waals surface area contributed by atoms with Crippen LogP contribution in [0.1, 0.15) is 48.8 Å². The van der Waals surface area contributed by atoms with E-state index in [1.54, 1.807) is 0 Å². The molecular weight excluding hydrogens is 182 g/mol. The van der Waals surface area contributed by atoms with Crippen molar-refractivity contribution < 1.29 is 0 Å². The fraction of sp³-hybridized carbons (Fsp3) is 0.571. The van der Waals surface area contributed by atoms with Crippen molar-refractivity contribution >= 4 is 0 Å². The second kappa shape index (κ2) is 3.97. The maximum atomic E-state index is 6.55. The predicted molar refractivity (Wildman–Crippen MR) is 64.9 cm³/mol. The fourth-order valence-electron chi connectivity index (χ4n) is 2.74. The van der Waals surface area contributed by atoms with Gasteiger partial charge in [-0.3, -0.25) is 0 Å². The van der Waals surface area contributed by atoms with Gasteiger partial charge in [-0.05, 0) is 43.4 Å². The zero-order chi connectivity index (χ0) is 10.9. The summed E-state index contributed by atoms with van der Waals surface area (Å²) in [7, 11) is 0. The molecule has 1 saturated carbocycles. The van der Waals surface area contributed by atoms with E-state index in [0.29, 0.717) is 0 Å². The summed E-state index contributed by atoms with van der Waals surface area (Å²) in [5.74, 6) is 0. The molecule has 0 heterocycles. The van der Waals surface area contributed by atoms with E-state index in [1.807, 2.05) is 0 Å². The van der Waals surface area contributed by atoms with E-state index >= 15 is 0 Å². The number of rotatable bonds is 1. The van der Waals surface area contributed by atoms with Gasteiger partial charge >= 0.3 is 0 Å². The monoisotopic (exact) mass is 203 g/mol. The van der Waals surface area contributed by atoms with Crippen LogP contribution in [0.5, 0.6) is 0 Å². The third kappa shape index (κ3) is 1.93. The summed E-state index contributed by atoms with van der Waals surface area (Å²) in [5.41, 5.74) is 10.6. The lowest BCUT2D eigenvalue weighted by molar-refractivity contribution is 0.301. The van der Waals surface area contributed by atoms with Crippen LogP contribution in [-0.4, -0.2) is 0 Å². The number of aryl methyl sites for hydroxylation is 1. The van der Waals surface area contributed by atoms with Crippen molar-refractivity contribution in [3.63, 3.8) is 0 Å². The fourth-order valence-corrected chi connectivity index (χ4v) is 2.74. The van der Waals surface area contributed by atoms with Crippen molar-refractivity contribution in [2.75, 3.05) is 0 Å². The van der Waals surface area contributed by atoms with Crippen LogP contribution in [0.3, 0.4) is 0 Å². The molecule has 0 saturated heterocycles. The van der Waals surface area contributed by atoms with Gasteiger partial charge in [0.2, 0.25) is 0 Å². The summed E-state index contributed by atoms with van der Waals surface area (Å²) in [6.07, 6.45) is 6.21. The molecule has 1 aliphatic carbocycles. The number of benzene rings is 1. The Morgan fingerprint density at radius 2 is 1.73 bits per heavy atom. The van der Waals surface area contributed by atoms with Gasteiger partial charge in [0.05, 0.1) is 0 Å². The van der Waals surface area contributed by atoms with Crippen LogP contribution in [-0.2, 0) is 5.54 Å². The summed E-state index contributed by atoms with van der Waals surface area (Å²) in [6.45, 7) is 4.37. The molecule has 2 rings (SSSR count). The van der Waals surface area contributed by atoms with Crippen molar-refractivity contribution in [2.45, 2.75) is 51.5 Å². The summed E-state index contributed by atoms with van der Waals surface area (Å²) < 4.78 is 0. The molecule has 0 amide bonds. The molecule has 1 aliphatic rings. The maximum absolute atomic E-state index is 6.55. The van der Waals surface area contributed by atoms with E-state index in [-0.39, 0.29) is 5.54 Å². The van der Waals surface area contributed by atoms with E-state index in [0.717, 1.165) is 12.8 Å². The van der Waals surface area contributed by atoms with Crippen LogP contribution >= 0.6 is 0 Å². The molecule has 1 nitrogen and oxygen atoms in total. The maximum Gasteiger partial charge on any atom is 0.0412 e. The van der Waals surface area contributed by atoms with Gasteiger partial charge in [-0.15, -0.1) is 0 Å². The molecule has 1 aromatic rings. The van der Waals surface area contributed by atoms with Crippen molar-refractivity contribution in [3.05, 3.63) is 34.9 Å². The SMILES string of the molecule is Cc1cccc(C2(N)CCCCC2)c1C. The molecule has 1 aromatic carbocycles. The van der Waals surface area contributed by atoms with Crippen molar-refractivity contribution in [1.82, 2.24) is 0 Å². The Labute approximate surface area is 92.7 Å². The second-order valence-corrected chi connectivity index (χ2v) is 4.96. The van der Waals surface area contributed by atoms with Crippen LogP contribution in [0.4, 0.5) is 0 Å². The topological polar surface area (TPSA) is 26.0 Å². The summed E-state index contributed by atoms with van der Waals surface area (Å²) in [5, 5.41) is 0. The normalized spacial score (nSPS) is 20.2.